The minimum atomic E-state index is 0.587. The summed E-state index contributed by atoms with van der Waals surface area (Å²) in [4.78, 5) is 0. The molecular formula is C14H33NO5. The van der Waals surface area contributed by atoms with Gasteiger partial charge in [0, 0.05) is 13.7 Å². The fourth-order valence-corrected chi connectivity index (χ4v) is 1.08. The SMILES string of the molecule is CC.CNCCOCCOCCOCCOCCOC. The Labute approximate surface area is 124 Å². The lowest BCUT2D eigenvalue weighted by Crippen LogP contribution is -2.17. The summed E-state index contributed by atoms with van der Waals surface area (Å²) in [7, 11) is 3.55. The maximum absolute atomic E-state index is 5.33. The molecule has 0 amide bonds. The number of nitrogens with one attached hydrogen (secondary N) is 1. The van der Waals surface area contributed by atoms with E-state index in [9.17, 15) is 0 Å². The molecule has 0 aliphatic heterocycles. The summed E-state index contributed by atoms with van der Waals surface area (Å²) < 4.78 is 26.0. The lowest BCUT2D eigenvalue weighted by Gasteiger charge is -2.07. The maximum Gasteiger partial charge on any atom is 0.0701 e. The van der Waals surface area contributed by atoms with Crippen LogP contribution in [0, 0.1) is 0 Å². The van der Waals surface area contributed by atoms with Crippen LogP contribution in [0.25, 0.3) is 0 Å². The topological polar surface area (TPSA) is 58.2 Å². The predicted molar refractivity (Wildman–Crippen MR) is 80.4 cm³/mol. The summed E-state index contributed by atoms with van der Waals surface area (Å²) in [6.07, 6.45) is 0. The van der Waals surface area contributed by atoms with Crippen molar-refractivity contribution in [3.63, 3.8) is 0 Å². The Hall–Kier alpha value is -0.240. The monoisotopic (exact) mass is 295 g/mol. The standard InChI is InChI=1S/C12H27NO5.C2H6/c1-13-3-4-15-7-8-17-11-12-18-10-9-16-6-5-14-2;1-2/h13H,3-12H2,1-2H3;1-2H3. The Morgan fingerprint density at radius 2 is 0.950 bits per heavy atom. The summed E-state index contributed by atoms with van der Waals surface area (Å²) in [6, 6.07) is 0. The highest BCUT2D eigenvalue weighted by atomic mass is 16.6. The van der Waals surface area contributed by atoms with Crippen LogP contribution in [0.5, 0.6) is 0 Å². The number of hydrogen-bond acceptors (Lipinski definition) is 6. The molecule has 6 heteroatoms. The van der Waals surface area contributed by atoms with E-state index in [4.69, 9.17) is 23.7 Å². The molecule has 0 aliphatic rings. The van der Waals surface area contributed by atoms with Crippen LogP contribution < -0.4 is 5.32 Å². The summed E-state index contributed by atoms with van der Waals surface area (Å²) in [6.45, 7) is 10.4. The van der Waals surface area contributed by atoms with Gasteiger partial charge in [-0.25, -0.2) is 0 Å². The van der Waals surface area contributed by atoms with Crippen LogP contribution in [0.15, 0.2) is 0 Å². The van der Waals surface area contributed by atoms with E-state index >= 15 is 0 Å². The molecule has 0 aromatic carbocycles. The largest absolute Gasteiger partial charge is 0.382 e. The minimum Gasteiger partial charge on any atom is -0.382 e. The molecule has 0 aromatic heterocycles. The molecule has 0 radical (unpaired) electrons. The van der Waals surface area contributed by atoms with Gasteiger partial charge in [-0.05, 0) is 7.05 Å². The molecule has 124 valence electrons. The molecule has 0 rings (SSSR count). The van der Waals surface area contributed by atoms with Gasteiger partial charge in [-0.1, -0.05) is 13.8 Å². The molecule has 0 saturated heterocycles. The zero-order valence-electron chi connectivity index (χ0n) is 13.6. The molecule has 20 heavy (non-hydrogen) atoms. The number of likely N-dealkylation sites (N-methyl/N-ethyl adjacent to an activating group) is 1. The van der Waals surface area contributed by atoms with E-state index in [0.29, 0.717) is 52.9 Å². The van der Waals surface area contributed by atoms with Crippen molar-refractivity contribution in [3.8, 4) is 0 Å². The maximum atomic E-state index is 5.33. The molecule has 6 nitrogen and oxygen atoms in total. The summed E-state index contributed by atoms with van der Waals surface area (Å²) in [5, 5.41) is 3.01. The molecule has 0 unspecified atom stereocenters. The third-order valence-electron chi connectivity index (χ3n) is 2.04. The average Bonchev–Trinajstić information content (AvgIpc) is 2.50. The summed E-state index contributed by atoms with van der Waals surface area (Å²) in [5.74, 6) is 0. The molecule has 0 saturated carbocycles. The van der Waals surface area contributed by atoms with Crippen molar-refractivity contribution in [2.45, 2.75) is 13.8 Å². The van der Waals surface area contributed by atoms with Crippen LogP contribution in [-0.2, 0) is 23.7 Å². The normalized spacial score (nSPS) is 10.2. The molecule has 0 bridgehead atoms. The second-order valence-electron chi connectivity index (χ2n) is 3.55. The van der Waals surface area contributed by atoms with Gasteiger partial charge in [-0.3, -0.25) is 0 Å². The summed E-state index contributed by atoms with van der Waals surface area (Å²) in [5.41, 5.74) is 0. The molecule has 0 fully saturated rings. The van der Waals surface area contributed by atoms with Crippen molar-refractivity contribution in [2.75, 3.05) is 80.2 Å². The first-order valence-corrected chi connectivity index (χ1v) is 7.36. The van der Waals surface area contributed by atoms with Gasteiger partial charge in [0.2, 0.25) is 0 Å². The fraction of sp³-hybridized carbons (Fsp3) is 1.00. The van der Waals surface area contributed by atoms with Gasteiger partial charge in [0.05, 0.1) is 59.5 Å². The number of hydrogen-bond donors (Lipinski definition) is 1. The Balaban J connectivity index is 0. The lowest BCUT2D eigenvalue weighted by molar-refractivity contribution is -0.00742. The third kappa shape index (κ3) is 22.9. The van der Waals surface area contributed by atoms with Crippen LogP contribution in [-0.4, -0.2) is 80.2 Å². The van der Waals surface area contributed by atoms with Gasteiger partial charge in [-0.15, -0.1) is 0 Å². The van der Waals surface area contributed by atoms with Crippen molar-refractivity contribution < 1.29 is 23.7 Å². The van der Waals surface area contributed by atoms with Crippen molar-refractivity contribution >= 4 is 0 Å². The van der Waals surface area contributed by atoms with Crippen molar-refractivity contribution in [1.82, 2.24) is 5.32 Å². The number of rotatable bonds is 15. The molecule has 0 spiro atoms. The van der Waals surface area contributed by atoms with Crippen LogP contribution >= 0.6 is 0 Å². The van der Waals surface area contributed by atoms with E-state index in [1.54, 1.807) is 7.11 Å². The molecule has 0 aromatic rings. The highest BCUT2D eigenvalue weighted by molar-refractivity contribution is 4.37. The first-order valence-electron chi connectivity index (χ1n) is 7.36. The second-order valence-corrected chi connectivity index (χ2v) is 3.55. The van der Waals surface area contributed by atoms with Gasteiger partial charge in [0.25, 0.3) is 0 Å². The highest BCUT2D eigenvalue weighted by Crippen LogP contribution is 1.82. The van der Waals surface area contributed by atoms with E-state index in [1.165, 1.54) is 0 Å². The Morgan fingerprint density at radius 3 is 1.30 bits per heavy atom. The lowest BCUT2D eigenvalue weighted by atomic mass is 10.6. The van der Waals surface area contributed by atoms with E-state index in [1.807, 2.05) is 20.9 Å². The number of methoxy groups -OCH3 is 1. The molecule has 0 heterocycles. The van der Waals surface area contributed by atoms with Crippen LogP contribution in [0.4, 0.5) is 0 Å². The second kappa shape index (κ2) is 23.8. The van der Waals surface area contributed by atoms with Crippen LogP contribution in [0.2, 0.25) is 0 Å². The Kier molecular flexibility index (Phi) is 26.3. The quantitative estimate of drug-likeness (QED) is 0.454. The molecule has 1 N–H and O–H groups in total. The van der Waals surface area contributed by atoms with Crippen molar-refractivity contribution in [2.24, 2.45) is 0 Å². The van der Waals surface area contributed by atoms with Crippen LogP contribution in [0.1, 0.15) is 13.8 Å². The van der Waals surface area contributed by atoms with Crippen LogP contribution in [0.3, 0.4) is 0 Å². The van der Waals surface area contributed by atoms with Crippen molar-refractivity contribution in [1.29, 1.82) is 0 Å². The molecular weight excluding hydrogens is 262 g/mol. The van der Waals surface area contributed by atoms with E-state index in [2.05, 4.69) is 5.32 Å². The minimum absolute atomic E-state index is 0.587. The van der Waals surface area contributed by atoms with E-state index in [0.717, 1.165) is 13.2 Å². The molecule has 0 atom stereocenters. The first-order chi connectivity index (χ1) is 9.91. The van der Waals surface area contributed by atoms with E-state index < -0.39 is 0 Å². The Bertz CT molecular complexity index is 134. The van der Waals surface area contributed by atoms with Crippen molar-refractivity contribution in [3.05, 3.63) is 0 Å². The average molecular weight is 295 g/mol. The Morgan fingerprint density at radius 1 is 0.600 bits per heavy atom. The smallest absolute Gasteiger partial charge is 0.0701 e. The number of ether oxygens (including phenoxy) is 5. The zero-order chi connectivity index (χ0) is 15.3. The predicted octanol–water partition coefficient (Wildman–Crippen LogP) is 0.945. The third-order valence-corrected chi connectivity index (χ3v) is 2.04. The summed E-state index contributed by atoms with van der Waals surface area (Å²) >= 11 is 0. The van der Waals surface area contributed by atoms with Gasteiger partial charge in [-0.2, -0.15) is 0 Å². The van der Waals surface area contributed by atoms with Gasteiger partial charge >= 0.3 is 0 Å². The van der Waals surface area contributed by atoms with E-state index in [-0.39, 0.29) is 0 Å². The van der Waals surface area contributed by atoms with Gasteiger partial charge in [0.15, 0.2) is 0 Å². The van der Waals surface area contributed by atoms with Gasteiger partial charge < -0.3 is 29.0 Å². The fourth-order valence-electron chi connectivity index (χ4n) is 1.08. The first kappa shape index (κ1) is 22.0. The highest BCUT2D eigenvalue weighted by Gasteiger charge is 1.92. The van der Waals surface area contributed by atoms with Gasteiger partial charge in [0.1, 0.15) is 0 Å². The zero-order valence-corrected chi connectivity index (χ0v) is 13.6. The molecule has 0 aliphatic carbocycles.